The Labute approximate surface area is 108 Å². The van der Waals surface area contributed by atoms with E-state index in [1.807, 2.05) is 6.07 Å². The third-order valence-corrected chi connectivity index (χ3v) is 3.92. The maximum atomic E-state index is 6.13. The van der Waals surface area contributed by atoms with Crippen molar-refractivity contribution in [1.82, 2.24) is 0 Å². The number of benzene rings is 2. The average Bonchev–Trinajstić information content (AvgIpc) is 3.14. The molecule has 0 radical (unpaired) electrons. The Hall–Kier alpha value is -1.54. The summed E-state index contributed by atoms with van der Waals surface area (Å²) in [7, 11) is 1.70. The molecule has 1 aliphatic rings. The third kappa shape index (κ3) is 2.34. The molecule has 0 unspecified atom stereocenters. The normalized spacial score (nSPS) is 16.8. The number of rotatable bonds is 4. The standard InChI is InChI=1S/C16H19NO/c1-18-15-5-4-13-10-12(2-3-14(13)11-15)6-7-16(17)8-9-16/h2-5,10-11H,6-9,17H2,1H3. The zero-order valence-electron chi connectivity index (χ0n) is 10.8. The predicted octanol–water partition coefficient (Wildman–Crippen LogP) is 3.27. The van der Waals surface area contributed by atoms with Crippen molar-refractivity contribution < 1.29 is 4.74 Å². The molecule has 2 N–H and O–H groups in total. The lowest BCUT2D eigenvalue weighted by Crippen LogP contribution is -2.22. The van der Waals surface area contributed by atoms with Crippen molar-refractivity contribution in [3.8, 4) is 5.75 Å². The number of hydrogen-bond donors (Lipinski definition) is 1. The zero-order chi connectivity index (χ0) is 12.6. The highest BCUT2D eigenvalue weighted by Gasteiger charge is 2.37. The quantitative estimate of drug-likeness (QED) is 0.891. The molecule has 0 spiro atoms. The van der Waals surface area contributed by atoms with E-state index in [4.69, 9.17) is 10.5 Å². The molecular weight excluding hydrogens is 222 g/mol. The summed E-state index contributed by atoms with van der Waals surface area (Å²) < 4.78 is 5.24. The van der Waals surface area contributed by atoms with Crippen molar-refractivity contribution >= 4 is 10.8 Å². The van der Waals surface area contributed by atoms with Crippen molar-refractivity contribution in [2.45, 2.75) is 31.2 Å². The van der Waals surface area contributed by atoms with Gasteiger partial charge in [0.15, 0.2) is 0 Å². The maximum Gasteiger partial charge on any atom is 0.119 e. The van der Waals surface area contributed by atoms with Crippen LogP contribution in [0.5, 0.6) is 5.75 Å². The second-order valence-corrected chi connectivity index (χ2v) is 5.41. The molecule has 0 aliphatic heterocycles. The molecule has 94 valence electrons. The highest BCUT2D eigenvalue weighted by molar-refractivity contribution is 5.84. The summed E-state index contributed by atoms with van der Waals surface area (Å²) in [4.78, 5) is 0. The van der Waals surface area contributed by atoms with Gasteiger partial charge in [0.25, 0.3) is 0 Å². The van der Waals surface area contributed by atoms with Gasteiger partial charge in [-0.2, -0.15) is 0 Å². The molecule has 18 heavy (non-hydrogen) atoms. The largest absolute Gasteiger partial charge is 0.497 e. The van der Waals surface area contributed by atoms with Gasteiger partial charge in [-0.1, -0.05) is 24.3 Å². The summed E-state index contributed by atoms with van der Waals surface area (Å²) in [6, 6.07) is 12.8. The van der Waals surface area contributed by atoms with Gasteiger partial charge in [-0.15, -0.1) is 0 Å². The van der Waals surface area contributed by atoms with E-state index in [2.05, 4.69) is 30.3 Å². The van der Waals surface area contributed by atoms with Gasteiger partial charge in [0.1, 0.15) is 5.75 Å². The molecular formula is C16H19NO. The Kier molecular flexibility index (Phi) is 2.75. The van der Waals surface area contributed by atoms with E-state index in [0.717, 1.165) is 18.6 Å². The number of aryl methyl sites for hydroxylation is 1. The topological polar surface area (TPSA) is 35.2 Å². The van der Waals surface area contributed by atoms with E-state index in [9.17, 15) is 0 Å². The van der Waals surface area contributed by atoms with Gasteiger partial charge < -0.3 is 10.5 Å². The lowest BCUT2D eigenvalue weighted by Gasteiger charge is -2.09. The van der Waals surface area contributed by atoms with Gasteiger partial charge in [-0.05, 0) is 54.2 Å². The first-order valence-electron chi connectivity index (χ1n) is 6.54. The van der Waals surface area contributed by atoms with Crippen LogP contribution in [0.4, 0.5) is 0 Å². The van der Waals surface area contributed by atoms with Crippen LogP contribution in [0.1, 0.15) is 24.8 Å². The molecule has 2 heteroatoms. The molecule has 2 aromatic rings. The fourth-order valence-corrected chi connectivity index (χ4v) is 2.36. The van der Waals surface area contributed by atoms with Gasteiger partial charge in [0.05, 0.1) is 7.11 Å². The van der Waals surface area contributed by atoms with E-state index >= 15 is 0 Å². The van der Waals surface area contributed by atoms with Gasteiger partial charge in [0, 0.05) is 5.54 Å². The second-order valence-electron chi connectivity index (χ2n) is 5.41. The van der Waals surface area contributed by atoms with E-state index < -0.39 is 0 Å². The number of nitrogens with two attached hydrogens (primary N) is 1. The third-order valence-electron chi connectivity index (χ3n) is 3.92. The SMILES string of the molecule is COc1ccc2cc(CCC3(N)CC3)ccc2c1. The van der Waals surface area contributed by atoms with Crippen LogP contribution < -0.4 is 10.5 Å². The van der Waals surface area contributed by atoms with Crippen LogP contribution in [-0.4, -0.2) is 12.6 Å². The van der Waals surface area contributed by atoms with Crippen molar-refractivity contribution in [3.05, 3.63) is 42.0 Å². The summed E-state index contributed by atoms with van der Waals surface area (Å²) >= 11 is 0. The first kappa shape index (κ1) is 11.5. The smallest absolute Gasteiger partial charge is 0.119 e. The van der Waals surface area contributed by atoms with Crippen LogP contribution in [0.3, 0.4) is 0 Å². The maximum absolute atomic E-state index is 6.13. The summed E-state index contributed by atoms with van der Waals surface area (Å²) in [5.74, 6) is 0.911. The van der Waals surface area contributed by atoms with Crippen LogP contribution in [0, 0.1) is 0 Å². The van der Waals surface area contributed by atoms with Crippen molar-refractivity contribution in [3.63, 3.8) is 0 Å². The zero-order valence-corrected chi connectivity index (χ0v) is 10.8. The van der Waals surface area contributed by atoms with E-state index in [1.165, 1.54) is 29.2 Å². The monoisotopic (exact) mass is 241 g/mol. The van der Waals surface area contributed by atoms with Crippen LogP contribution in [0.2, 0.25) is 0 Å². The van der Waals surface area contributed by atoms with Gasteiger partial charge >= 0.3 is 0 Å². The summed E-state index contributed by atoms with van der Waals surface area (Å²) in [5.41, 5.74) is 7.66. The average molecular weight is 241 g/mol. The summed E-state index contributed by atoms with van der Waals surface area (Å²) in [5, 5.41) is 2.50. The molecule has 0 bridgehead atoms. The number of methoxy groups -OCH3 is 1. The van der Waals surface area contributed by atoms with E-state index in [-0.39, 0.29) is 5.54 Å². The first-order chi connectivity index (χ1) is 8.68. The second kappa shape index (κ2) is 4.29. The van der Waals surface area contributed by atoms with Crippen molar-refractivity contribution in [1.29, 1.82) is 0 Å². The van der Waals surface area contributed by atoms with E-state index in [1.54, 1.807) is 7.11 Å². The molecule has 1 fully saturated rings. The Morgan fingerprint density at radius 3 is 2.56 bits per heavy atom. The fraction of sp³-hybridized carbons (Fsp3) is 0.375. The predicted molar refractivity (Wildman–Crippen MR) is 75.0 cm³/mol. The summed E-state index contributed by atoms with van der Waals surface area (Å²) in [6.45, 7) is 0. The molecule has 1 aliphatic carbocycles. The van der Waals surface area contributed by atoms with Crippen LogP contribution in [0.15, 0.2) is 36.4 Å². The molecule has 0 aromatic heterocycles. The molecule has 3 rings (SSSR count). The minimum atomic E-state index is 0.148. The highest BCUT2D eigenvalue weighted by atomic mass is 16.5. The summed E-state index contributed by atoms with van der Waals surface area (Å²) in [6.07, 6.45) is 4.57. The molecule has 0 amide bonds. The number of fused-ring (bicyclic) bond motifs is 1. The molecule has 2 nitrogen and oxygen atoms in total. The number of hydrogen-bond acceptors (Lipinski definition) is 2. The Balaban J connectivity index is 1.82. The molecule has 0 atom stereocenters. The van der Waals surface area contributed by atoms with Crippen LogP contribution >= 0.6 is 0 Å². The van der Waals surface area contributed by atoms with Crippen LogP contribution in [-0.2, 0) is 6.42 Å². The Morgan fingerprint density at radius 1 is 1.11 bits per heavy atom. The molecule has 1 saturated carbocycles. The van der Waals surface area contributed by atoms with Crippen molar-refractivity contribution in [2.24, 2.45) is 5.73 Å². The molecule has 0 heterocycles. The lowest BCUT2D eigenvalue weighted by atomic mass is 10.0. The minimum Gasteiger partial charge on any atom is -0.497 e. The highest BCUT2D eigenvalue weighted by Crippen LogP contribution is 2.36. The number of ether oxygens (including phenoxy) is 1. The fourth-order valence-electron chi connectivity index (χ4n) is 2.36. The van der Waals surface area contributed by atoms with Gasteiger partial charge in [-0.3, -0.25) is 0 Å². The molecule has 0 saturated heterocycles. The van der Waals surface area contributed by atoms with Crippen LogP contribution in [0.25, 0.3) is 10.8 Å². The first-order valence-corrected chi connectivity index (χ1v) is 6.54. The minimum absolute atomic E-state index is 0.148. The van der Waals surface area contributed by atoms with Crippen molar-refractivity contribution in [2.75, 3.05) is 7.11 Å². The van der Waals surface area contributed by atoms with Gasteiger partial charge in [0.2, 0.25) is 0 Å². The Morgan fingerprint density at radius 2 is 1.83 bits per heavy atom. The lowest BCUT2D eigenvalue weighted by molar-refractivity contribution is 0.415. The van der Waals surface area contributed by atoms with Gasteiger partial charge in [-0.25, -0.2) is 0 Å². The van der Waals surface area contributed by atoms with E-state index in [0.29, 0.717) is 0 Å². The molecule has 2 aromatic carbocycles. The Bertz CT molecular complexity index is 572.